The van der Waals surface area contributed by atoms with Crippen LogP contribution in [0.25, 0.3) is 10.8 Å². The molecule has 0 fully saturated rings. The number of benzene rings is 3. The zero-order valence-electron chi connectivity index (χ0n) is 35.7. The smallest absolute Gasteiger partial charge is 0.280 e. The molecular weight excluding hydrogens is 814 g/mol. The molecule has 1 heterocycles. The van der Waals surface area contributed by atoms with Gasteiger partial charge in [-0.15, -0.1) is 0 Å². The number of unbranched alkanes of at least 4 members (excludes halogenated alkanes) is 4. The number of aliphatic hydroxyl groups excluding tert-OH is 5. The molecule has 338 valence electrons. The topological polar surface area (TPSA) is 279 Å². The van der Waals surface area contributed by atoms with Gasteiger partial charge in [-0.1, -0.05) is 86.3 Å². The van der Waals surface area contributed by atoms with Crippen molar-refractivity contribution in [3.05, 3.63) is 93.9 Å². The molecule has 0 spiro atoms. The molecule has 0 unspecified atom stereocenters. The van der Waals surface area contributed by atoms with Crippen LogP contribution < -0.4 is 27.8 Å². The van der Waals surface area contributed by atoms with E-state index in [4.69, 9.17) is 33.9 Å². The summed E-state index contributed by atoms with van der Waals surface area (Å²) >= 11 is 5.99. The summed E-state index contributed by atoms with van der Waals surface area (Å²) in [6.07, 6.45) is 2.24. The molecule has 62 heavy (non-hydrogen) atoms. The van der Waals surface area contributed by atoms with Crippen LogP contribution in [0.3, 0.4) is 0 Å². The Balaban J connectivity index is 1.25. The van der Waals surface area contributed by atoms with Gasteiger partial charge < -0.3 is 53.0 Å². The lowest BCUT2D eigenvalue weighted by Gasteiger charge is -2.30. The second-order valence-electron chi connectivity index (χ2n) is 15.7. The third-order valence-electron chi connectivity index (χ3n) is 10.8. The Kier molecular flexibility index (Phi) is 20.4. The number of guanidine groups is 1. The van der Waals surface area contributed by atoms with Crippen LogP contribution in [0, 0.1) is 6.92 Å². The Hall–Kier alpha value is -4.78. The van der Waals surface area contributed by atoms with E-state index in [0.717, 1.165) is 85.3 Å². The molecule has 2 amide bonds. The number of hydrogen-bond acceptors (Lipinski definition) is 13. The monoisotopic (exact) mass is 877 g/mol. The lowest BCUT2D eigenvalue weighted by molar-refractivity contribution is -0.119. The van der Waals surface area contributed by atoms with Crippen LogP contribution in [0.1, 0.15) is 84.7 Å². The molecule has 0 aliphatic rings. The second kappa shape index (κ2) is 25.4. The number of fused-ring (bicyclic) bond motifs is 1. The van der Waals surface area contributed by atoms with Crippen molar-refractivity contribution in [1.29, 1.82) is 0 Å². The van der Waals surface area contributed by atoms with Crippen LogP contribution >= 0.6 is 11.6 Å². The number of rotatable bonds is 25. The largest absolute Gasteiger partial charge is 0.394 e. The van der Waals surface area contributed by atoms with E-state index in [1.807, 2.05) is 48.5 Å². The number of nitrogens with two attached hydrogens (primary N) is 3. The Bertz CT molecular complexity index is 2070. The lowest BCUT2D eigenvalue weighted by Crippen LogP contribution is -2.50. The van der Waals surface area contributed by atoms with Gasteiger partial charge in [-0.3, -0.25) is 19.9 Å². The molecule has 0 saturated carbocycles. The predicted octanol–water partition coefficient (Wildman–Crippen LogP) is 3.00. The number of carbonyl (C=O) groups excluding carboxylic acids is 2. The Morgan fingerprint density at radius 2 is 1.50 bits per heavy atom. The summed E-state index contributed by atoms with van der Waals surface area (Å²) in [6.45, 7) is 4.92. The number of anilines is 2. The van der Waals surface area contributed by atoms with Crippen molar-refractivity contribution < 1.29 is 35.1 Å². The number of aromatic nitrogens is 2. The highest BCUT2D eigenvalue weighted by Crippen LogP contribution is 2.26. The molecule has 16 nitrogen and oxygen atoms in total. The number of nitrogens with one attached hydrogen (secondary N) is 2. The van der Waals surface area contributed by atoms with Crippen LogP contribution in [0.4, 0.5) is 11.5 Å². The molecule has 0 radical (unpaired) electrons. The number of aliphatic imine (C=N–C) groups is 1. The molecule has 4 rings (SSSR count). The van der Waals surface area contributed by atoms with Gasteiger partial charge in [-0.2, -0.15) is 0 Å². The Morgan fingerprint density at radius 3 is 2.19 bits per heavy atom. The minimum absolute atomic E-state index is 0.0534. The van der Waals surface area contributed by atoms with E-state index in [0.29, 0.717) is 37.4 Å². The lowest BCUT2D eigenvalue weighted by atomic mass is 9.93. The zero-order valence-corrected chi connectivity index (χ0v) is 36.5. The van der Waals surface area contributed by atoms with Gasteiger partial charge in [0, 0.05) is 18.8 Å². The van der Waals surface area contributed by atoms with E-state index in [2.05, 4.69) is 49.6 Å². The first-order valence-electron chi connectivity index (χ1n) is 21.3. The first kappa shape index (κ1) is 49.9. The third kappa shape index (κ3) is 15.2. The van der Waals surface area contributed by atoms with Gasteiger partial charge in [0.05, 0.1) is 24.4 Å². The number of aryl methyl sites for hydroxylation is 3. The number of aliphatic hydroxyl groups is 5. The van der Waals surface area contributed by atoms with Crippen molar-refractivity contribution in [1.82, 2.24) is 20.2 Å². The van der Waals surface area contributed by atoms with E-state index in [9.17, 15) is 30.0 Å². The summed E-state index contributed by atoms with van der Waals surface area (Å²) in [7, 11) is 0. The molecule has 4 aromatic rings. The number of nitrogen functional groups attached to an aromatic ring is 1. The third-order valence-corrected chi connectivity index (χ3v) is 11.1. The quantitative estimate of drug-likeness (QED) is 0.0261. The number of carbonyl (C=O) groups is 2. The fourth-order valence-electron chi connectivity index (χ4n) is 7.16. The summed E-state index contributed by atoms with van der Waals surface area (Å²) in [5.74, 6) is -1.05. The molecule has 1 aromatic heterocycles. The van der Waals surface area contributed by atoms with Gasteiger partial charge in [0.15, 0.2) is 22.6 Å². The molecule has 13 N–H and O–H groups in total. The fraction of sp³-hybridized carbons (Fsp3) is 0.489. The van der Waals surface area contributed by atoms with Gasteiger partial charge in [0.1, 0.15) is 18.3 Å². The summed E-state index contributed by atoms with van der Waals surface area (Å²) in [5.41, 5.74) is 22.3. The maximum absolute atomic E-state index is 13.3. The summed E-state index contributed by atoms with van der Waals surface area (Å²) in [4.78, 5) is 40.1. The highest BCUT2D eigenvalue weighted by Gasteiger charge is 2.31. The Labute approximate surface area is 368 Å². The molecule has 17 heteroatoms. The van der Waals surface area contributed by atoms with Crippen molar-refractivity contribution in [3.8, 4) is 0 Å². The summed E-state index contributed by atoms with van der Waals surface area (Å²) in [6, 6.07) is 19.0. The fourth-order valence-corrected chi connectivity index (χ4v) is 7.29. The minimum atomic E-state index is -1.66. The maximum atomic E-state index is 13.3. The molecule has 0 bridgehead atoms. The SMILES string of the molecule is CCCCCCN(CCCc1ccc(NC(=O)[C@@H](N)Cc2ccc(CCCCN=C(N)NC(=O)c3nc(Cl)c(C)nc3N)c3ccccc23)cc1)C[C@H](O)[C@@H](O)[C@H](O)[C@H](O)CO. The summed E-state index contributed by atoms with van der Waals surface area (Å²) in [5, 5.41) is 57.4. The molecule has 0 aliphatic heterocycles. The highest BCUT2D eigenvalue weighted by molar-refractivity contribution is 6.30. The number of amides is 2. The van der Waals surface area contributed by atoms with Crippen LogP contribution in [-0.2, 0) is 24.1 Å². The zero-order chi connectivity index (χ0) is 45.2. The number of hydrogen-bond donors (Lipinski definition) is 10. The van der Waals surface area contributed by atoms with Crippen molar-refractivity contribution in [2.45, 2.75) is 109 Å². The van der Waals surface area contributed by atoms with Crippen LogP contribution in [0.2, 0.25) is 5.15 Å². The van der Waals surface area contributed by atoms with E-state index in [-0.39, 0.29) is 35.1 Å². The van der Waals surface area contributed by atoms with E-state index >= 15 is 0 Å². The molecule has 5 atom stereocenters. The van der Waals surface area contributed by atoms with Gasteiger partial charge in [0.25, 0.3) is 5.91 Å². The average molecular weight is 879 g/mol. The normalized spacial score (nSPS) is 14.4. The summed E-state index contributed by atoms with van der Waals surface area (Å²) < 4.78 is 0. The first-order chi connectivity index (χ1) is 29.7. The van der Waals surface area contributed by atoms with E-state index in [1.54, 1.807) is 6.92 Å². The second-order valence-corrected chi connectivity index (χ2v) is 16.1. The molecule has 0 saturated heterocycles. The molecular formula is C45H64ClN9O7. The number of halogens is 1. The van der Waals surface area contributed by atoms with Crippen LogP contribution in [-0.4, -0.2) is 121 Å². The van der Waals surface area contributed by atoms with E-state index in [1.165, 1.54) is 0 Å². The minimum Gasteiger partial charge on any atom is -0.394 e. The first-order valence-corrected chi connectivity index (χ1v) is 21.7. The van der Waals surface area contributed by atoms with E-state index < -0.39 is 43.0 Å². The van der Waals surface area contributed by atoms with Crippen molar-refractivity contribution in [2.24, 2.45) is 16.5 Å². The Morgan fingerprint density at radius 1 is 0.839 bits per heavy atom. The standard InChI is InChI=1S/C45H64ClN9O7/c1-3-4-5-10-23-55(26-36(57)39(59)40(60)37(58)27-56)24-11-12-29-16-20-32(21-17-29)52-43(61)35(47)25-31-19-18-30(33-14-6-7-15-34(31)33)13-8-9-22-50-45(49)54-44(62)38-42(48)51-28(2)41(46)53-38/h6-7,14-21,35-37,39-40,56-60H,3-5,8-13,22-27,47H2,1-2H3,(H2,48,51)(H,52,61)(H3,49,50,54,62)/t35-,36-,37+,39+,40+/m0/s1. The van der Waals surface area contributed by atoms with Gasteiger partial charge >= 0.3 is 0 Å². The van der Waals surface area contributed by atoms with Crippen molar-refractivity contribution in [2.75, 3.05) is 43.8 Å². The number of nitrogens with zero attached hydrogens (tertiary/aromatic N) is 4. The van der Waals surface area contributed by atoms with Gasteiger partial charge in [-0.25, -0.2) is 9.97 Å². The average Bonchev–Trinajstić information content (AvgIpc) is 3.26. The van der Waals surface area contributed by atoms with Crippen molar-refractivity contribution in [3.63, 3.8) is 0 Å². The van der Waals surface area contributed by atoms with Gasteiger partial charge in [0.2, 0.25) is 5.91 Å². The molecule has 0 aliphatic carbocycles. The van der Waals surface area contributed by atoms with Gasteiger partial charge in [-0.05, 0) is 105 Å². The van der Waals surface area contributed by atoms with Crippen LogP contribution in [0.15, 0.2) is 65.7 Å². The maximum Gasteiger partial charge on any atom is 0.280 e. The van der Waals surface area contributed by atoms with Crippen molar-refractivity contribution >= 4 is 51.7 Å². The molecule has 3 aromatic carbocycles. The highest BCUT2D eigenvalue weighted by atomic mass is 35.5. The predicted molar refractivity (Wildman–Crippen MR) is 244 cm³/mol. The van der Waals surface area contributed by atoms with Crippen LogP contribution in [0.5, 0.6) is 0 Å².